The van der Waals surface area contributed by atoms with Crippen LogP contribution in [-0.4, -0.2) is 17.6 Å². The Labute approximate surface area is 133 Å². The first-order valence-electron chi connectivity index (χ1n) is 6.54. The van der Waals surface area contributed by atoms with E-state index in [4.69, 9.17) is 22.5 Å². The van der Waals surface area contributed by atoms with Crippen molar-refractivity contribution in [1.82, 2.24) is 0 Å². The van der Waals surface area contributed by atoms with Crippen molar-refractivity contribution in [3.05, 3.63) is 27.7 Å². The largest absolute Gasteiger partial charge is 0.409 e. The summed E-state index contributed by atoms with van der Waals surface area (Å²) in [4.78, 5) is 0. The molecule has 0 aliphatic heterocycles. The second-order valence-corrected chi connectivity index (χ2v) is 6.70. The summed E-state index contributed by atoms with van der Waals surface area (Å²) >= 11 is 9.50. The molecular formula is C14H21BrClN3O. The monoisotopic (exact) mass is 361 g/mol. The summed E-state index contributed by atoms with van der Waals surface area (Å²) in [6.07, 6.45) is 2.86. The van der Waals surface area contributed by atoms with E-state index in [1.54, 1.807) is 0 Å². The Morgan fingerprint density at radius 2 is 2.15 bits per heavy atom. The van der Waals surface area contributed by atoms with Crippen LogP contribution in [-0.2, 0) is 0 Å². The van der Waals surface area contributed by atoms with Crippen LogP contribution >= 0.6 is 27.5 Å². The lowest BCUT2D eigenvalue weighted by atomic mass is 9.86. The normalized spacial score (nSPS) is 12.5. The van der Waals surface area contributed by atoms with Crippen molar-refractivity contribution in [2.24, 2.45) is 16.3 Å². The van der Waals surface area contributed by atoms with Crippen LogP contribution < -0.4 is 11.1 Å². The number of benzene rings is 1. The molecule has 6 heteroatoms. The van der Waals surface area contributed by atoms with Gasteiger partial charge in [0.05, 0.1) is 10.7 Å². The fraction of sp³-hybridized carbons (Fsp3) is 0.500. The van der Waals surface area contributed by atoms with Gasteiger partial charge in [-0.05, 0) is 31.0 Å². The molecule has 0 aliphatic rings. The minimum absolute atomic E-state index is 0.274. The molecule has 20 heavy (non-hydrogen) atoms. The lowest BCUT2D eigenvalue weighted by molar-refractivity contribution is 0.304. The first-order valence-corrected chi connectivity index (χ1v) is 7.71. The number of amidine groups is 1. The number of hydrogen-bond acceptors (Lipinski definition) is 3. The zero-order valence-corrected chi connectivity index (χ0v) is 14.1. The summed E-state index contributed by atoms with van der Waals surface area (Å²) in [6.45, 7) is 4.79. The number of unbranched alkanes of at least 4 members (excludes halogenated alkanes) is 1. The fourth-order valence-electron chi connectivity index (χ4n) is 1.81. The van der Waals surface area contributed by atoms with Crippen molar-refractivity contribution in [1.29, 1.82) is 0 Å². The molecule has 0 aliphatic carbocycles. The summed E-state index contributed by atoms with van der Waals surface area (Å²) in [6, 6.07) is 5.77. The predicted octanol–water partition coefficient (Wildman–Crippen LogP) is 4.46. The highest BCUT2D eigenvalue weighted by Gasteiger charge is 2.22. The highest BCUT2D eigenvalue weighted by atomic mass is 79.9. The molecule has 0 saturated heterocycles. The Balaban J connectivity index is 2.32. The van der Waals surface area contributed by atoms with Crippen LogP contribution in [0.5, 0.6) is 0 Å². The van der Waals surface area contributed by atoms with Crippen LogP contribution in [0.3, 0.4) is 0 Å². The summed E-state index contributed by atoms with van der Waals surface area (Å²) in [5.41, 5.74) is 6.31. The Kier molecular flexibility index (Phi) is 6.62. The van der Waals surface area contributed by atoms with Gasteiger partial charge in [0.25, 0.3) is 0 Å². The predicted molar refractivity (Wildman–Crippen MR) is 88.7 cm³/mol. The van der Waals surface area contributed by atoms with E-state index in [9.17, 15) is 0 Å². The minimum Gasteiger partial charge on any atom is -0.409 e. The first-order chi connectivity index (χ1) is 9.36. The first kappa shape index (κ1) is 17.1. The van der Waals surface area contributed by atoms with Crippen LogP contribution in [0.1, 0.15) is 33.1 Å². The number of oxime groups is 1. The zero-order chi connectivity index (χ0) is 15.2. The molecule has 1 rings (SSSR count). The molecular weight excluding hydrogens is 342 g/mol. The molecule has 1 aromatic carbocycles. The quantitative estimate of drug-likeness (QED) is 0.220. The van der Waals surface area contributed by atoms with Gasteiger partial charge in [-0.1, -0.05) is 53.0 Å². The van der Waals surface area contributed by atoms with Gasteiger partial charge in [-0.3, -0.25) is 0 Å². The fourth-order valence-corrected chi connectivity index (χ4v) is 2.55. The highest BCUT2D eigenvalue weighted by Crippen LogP contribution is 2.26. The second-order valence-electron chi connectivity index (χ2n) is 5.38. The zero-order valence-electron chi connectivity index (χ0n) is 11.8. The van der Waals surface area contributed by atoms with E-state index < -0.39 is 0 Å². The Morgan fingerprint density at radius 3 is 2.75 bits per heavy atom. The molecule has 0 radical (unpaired) electrons. The maximum Gasteiger partial charge on any atom is 0.144 e. The standard InChI is InChI=1S/C14H21BrClN3O/c1-14(2,13(17)19-20)7-3-4-8-18-12-6-5-10(15)9-11(12)16/h5-6,9,18,20H,3-4,7-8H2,1-2H3,(H2,17,19). The van der Waals surface area contributed by atoms with E-state index >= 15 is 0 Å². The number of nitrogens with one attached hydrogen (secondary N) is 1. The summed E-state index contributed by atoms with van der Waals surface area (Å²) in [5.74, 6) is 0.279. The molecule has 4 N–H and O–H groups in total. The van der Waals surface area contributed by atoms with E-state index in [0.717, 1.165) is 36.0 Å². The lowest BCUT2D eigenvalue weighted by Crippen LogP contribution is -2.31. The molecule has 0 saturated carbocycles. The maximum absolute atomic E-state index is 8.71. The smallest absolute Gasteiger partial charge is 0.144 e. The van der Waals surface area contributed by atoms with Gasteiger partial charge in [0.2, 0.25) is 0 Å². The van der Waals surface area contributed by atoms with Crippen LogP contribution in [0.15, 0.2) is 27.8 Å². The molecule has 0 bridgehead atoms. The van der Waals surface area contributed by atoms with Gasteiger partial charge < -0.3 is 16.3 Å². The Morgan fingerprint density at radius 1 is 1.45 bits per heavy atom. The van der Waals surface area contributed by atoms with Gasteiger partial charge in [-0.2, -0.15) is 0 Å². The molecule has 0 amide bonds. The number of halogens is 2. The van der Waals surface area contributed by atoms with E-state index in [-0.39, 0.29) is 11.3 Å². The van der Waals surface area contributed by atoms with Crippen molar-refractivity contribution >= 4 is 39.1 Å². The molecule has 0 unspecified atom stereocenters. The SMILES string of the molecule is CC(C)(CCCCNc1ccc(Br)cc1Cl)/C(N)=N/O. The molecule has 0 aromatic heterocycles. The van der Waals surface area contributed by atoms with Crippen molar-refractivity contribution in [2.45, 2.75) is 33.1 Å². The number of rotatable bonds is 7. The van der Waals surface area contributed by atoms with Crippen LogP contribution in [0.4, 0.5) is 5.69 Å². The van der Waals surface area contributed by atoms with Crippen molar-refractivity contribution in [2.75, 3.05) is 11.9 Å². The third kappa shape index (κ3) is 5.21. The van der Waals surface area contributed by atoms with E-state index in [2.05, 4.69) is 26.4 Å². The average molecular weight is 363 g/mol. The number of anilines is 1. The van der Waals surface area contributed by atoms with Crippen molar-refractivity contribution in [3.63, 3.8) is 0 Å². The van der Waals surface area contributed by atoms with Gasteiger partial charge in [0, 0.05) is 16.4 Å². The summed E-state index contributed by atoms with van der Waals surface area (Å²) < 4.78 is 0.966. The minimum atomic E-state index is -0.274. The van der Waals surface area contributed by atoms with Crippen molar-refractivity contribution in [3.8, 4) is 0 Å². The van der Waals surface area contributed by atoms with Crippen LogP contribution in [0, 0.1) is 5.41 Å². The molecule has 0 atom stereocenters. The third-order valence-corrected chi connectivity index (χ3v) is 4.08. The Bertz CT molecular complexity index is 477. The summed E-state index contributed by atoms with van der Waals surface area (Å²) in [5, 5.41) is 15.8. The molecule has 0 heterocycles. The Hall–Kier alpha value is -0.940. The number of nitrogens with zero attached hydrogens (tertiary/aromatic N) is 1. The van der Waals surface area contributed by atoms with Crippen LogP contribution in [0.2, 0.25) is 5.02 Å². The van der Waals surface area contributed by atoms with Gasteiger partial charge in [0.1, 0.15) is 5.84 Å². The van der Waals surface area contributed by atoms with Gasteiger partial charge in [-0.15, -0.1) is 0 Å². The molecule has 4 nitrogen and oxygen atoms in total. The number of nitrogens with two attached hydrogens (primary N) is 1. The van der Waals surface area contributed by atoms with Gasteiger partial charge in [0.15, 0.2) is 0 Å². The molecule has 0 fully saturated rings. The van der Waals surface area contributed by atoms with Gasteiger partial charge >= 0.3 is 0 Å². The molecule has 112 valence electrons. The van der Waals surface area contributed by atoms with E-state index in [0.29, 0.717) is 5.02 Å². The van der Waals surface area contributed by atoms with E-state index in [1.807, 2.05) is 32.0 Å². The van der Waals surface area contributed by atoms with Gasteiger partial charge in [-0.25, -0.2) is 0 Å². The number of hydrogen-bond donors (Lipinski definition) is 3. The lowest BCUT2D eigenvalue weighted by Gasteiger charge is -2.22. The third-order valence-electron chi connectivity index (χ3n) is 3.28. The maximum atomic E-state index is 8.71. The summed E-state index contributed by atoms with van der Waals surface area (Å²) in [7, 11) is 0. The second kappa shape index (κ2) is 7.74. The van der Waals surface area contributed by atoms with E-state index in [1.165, 1.54) is 0 Å². The van der Waals surface area contributed by atoms with Crippen molar-refractivity contribution < 1.29 is 5.21 Å². The molecule has 0 spiro atoms. The average Bonchev–Trinajstić information content (AvgIpc) is 2.39. The highest BCUT2D eigenvalue weighted by molar-refractivity contribution is 9.10. The molecule has 1 aromatic rings. The topological polar surface area (TPSA) is 70.6 Å². The van der Waals surface area contributed by atoms with Crippen LogP contribution in [0.25, 0.3) is 0 Å².